The molecule has 2 rings (SSSR count). The fraction of sp³-hybridized carbons (Fsp3) is 0.231. The van der Waals surface area contributed by atoms with Crippen LogP contribution in [0.2, 0.25) is 0 Å². The molecule has 0 bridgehead atoms. The Morgan fingerprint density at radius 2 is 2.10 bits per heavy atom. The topological polar surface area (TPSA) is 93.2 Å². The average Bonchev–Trinajstić information content (AvgIpc) is 2.48. The average molecular weight is 308 g/mol. The van der Waals surface area contributed by atoms with E-state index in [9.17, 15) is 8.42 Å². The lowest BCUT2D eigenvalue weighted by atomic mass is 10.2. The van der Waals surface area contributed by atoms with E-state index in [0.717, 1.165) is 5.56 Å². The van der Waals surface area contributed by atoms with Crippen molar-refractivity contribution in [3.05, 3.63) is 42.1 Å². The van der Waals surface area contributed by atoms with Crippen molar-refractivity contribution in [2.45, 2.75) is 11.4 Å². The summed E-state index contributed by atoms with van der Waals surface area (Å²) in [6.45, 7) is 0.498. The fourth-order valence-electron chi connectivity index (χ4n) is 1.80. The number of hydrogen-bond donors (Lipinski definition) is 2. The molecule has 112 valence electrons. The highest BCUT2D eigenvalue weighted by molar-refractivity contribution is 7.92. The molecule has 0 radical (unpaired) electrons. The molecule has 0 aliphatic rings. The predicted molar refractivity (Wildman–Crippen MR) is 78.6 cm³/mol. The second-order valence-electron chi connectivity index (χ2n) is 4.22. The molecule has 0 unspecified atom stereocenters. The van der Waals surface area contributed by atoms with Crippen LogP contribution in [0.15, 0.2) is 41.4 Å². The molecule has 1 aromatic carbocycles. The first-order chi connectivity index (χ1) is 10.1. The molecule has 0 saturated carbocycles. The number of nitrogens with zero attached hydrogens (tertiary/aromatic N) is 2. The lowest BCUT2D eigenvalue weighted by Gasteiger charge is -2.11. The molecule has 8 heteroatoms. The van der Waals surface area contributed by atoms with Crippen LogP contribution in [0.1, 0.15) is 5.56 Å². The van der Waals surface area contributed by atoms with Gasteiger partial charge in [0.15, 0.2) is 5.82 Å². The number of nitrogens with one attached hydrogen (secondary N) is 2. The summed E-state index contributed by atoms with van der Waals surface area (Å²) < 4.78 is 32.2. The van der Waals surface area contributed by atoms with Crippen molar-refractivity contribution in [2.75, 3.05) is 18.9 Å². The summed E-state index contributed by atoms with van der Waals surface area (Å²) in [4.78, 5) is 0.138. The molecule has 7 nitrogen and oxygen atoms in total. The van der Waals surface area contributed by atoms with E-state index in [1.807, 2.05) is 0 Å². The highest BCUT2D eigenvalue weighted by Crippen LogP contribution is 2.23. The van der Waals surface area contributed by atoms with Crippen molar-refractivity contribution in [1.29, 1.82) is 0 Å². The highest BCUT2D eigenvalue weighted by atomic mass is 32.2. The molecule has 1 heterocycles. The number of ether oxygens (including phenoxy) is 1. The van der Waals surface area contributed by atoms with Crippen LogP contribution < -0.4 is 14.8 Å². The number of hydrogen-bond acceptors (Lipinski definition) is 6. The largest absolute Gasteiger partial charge is 0.496 e. The van der Waals surface area contributed by atoms with E-state index in [4.69, 9.17) is 4.74 Å². The van der Waals surface area contributed by atoms with Gasteiger partial charge in [-0.25, -0.2) is 8.42 Å². The predicted octanol–water partition coefficient (Wildman–Crippen LogP) is 1.01. The van der Waals surface area contributed by atoms with Gasteiger partial charge in [0.25, 0.3) is 10.0 Å². The van der Waals surface area contributed by atoms with Gasteiger partial charge in [-0.1, -0.05) is 0 Å². The number of sulfonamides is 1. The Morgan fingerprint density at radius 1 is 1.29 bits per heavy atom. The van der Waals surface area contributed by atoms with Gasteiger partial charge in [0.05, 0.1) is 12.0 Å². The SMILES string of the molecule is CNCc1cc(S(=O)(=O)Nc2cccnn2)ccc1OC. The summed E-state index contributed by atoms with van der Waals surface area (Å²) in [5, 5.41) is 10.3. The van der Waals surface area contributed by atoms with Gasteiger partial charge in [0.2, 0.25) is 0 Å². The monoisotopic (exact) mass is 308 g/mol. The molecule has 2 N–H and O–H groups in total. The Morgan fingerprint density at radius 3 is 2.71 bits per heavy atom. The van der Waals surface area contributed by atoms with Gasteiger partial charge in [0.1, 0.15) is 5.75 Å². The summed E-state index contributed by atoms with van der Waals surface area (Å²) in [5.74, 6) is 0.797. The highest BCUT2D eigenvalue weighted by Gasteiger charge is 2.17. The van der Waals surface area contributed by atoms with Crippen LogP contribution in [-0.2, 0) is 16.6 Å². The van der Waals surface area contributed by atoms with Gasteiger partial charge >= 0.3 is 0 Å². The minimum Gasteiger partial charge on any atom is -0.496 e. The molecular formula is C13H16N4O3S. The molecule has 0 aliphatic heterocycles. The molecule has 1 aromatic heterocycles. The molecule has 0 amide bonds. The van der Waals surface area contributed by atoms with Crippen LogP contribution in [0.3, 0.4) is 0 Å². The van der Waals surface area contributed by atoms with Crippen molar-refractivity contribution >= 4 is 15.8 Å². The molecular weight excluding hydrogens is 292 g/mol. The minimum atomic E-state index is -3.71. The van der Waals surface area contributed by atoms with Crippen LogP contribution in [0.25, 0.3) is 0 Å². The van der Waals surface area contributed by atoms with Crippen molar-refractivity contribution in [2.24, 2.45) is 0 Å². The van der Waals surface area contributed by atoms with Gasteiger partial charge in [0, 0.05) is 18.3 Å². The van der Waals surface area contributed by atoms with Crippen molar-refractivity contribution in [3.8, 4) is 5.75 Å². The van der Waals surface area contributed by atoms with Gasteiger partial charge in [-0.05, 0) is 37.4 Å². The van der Waals surface area contributed by atoms with Crippen LogP contribution in [-0.4, -0.2) is 32.8 Å². The quantitative estimate of drug-likeness (QED) is 0.827. The summed E-state index contributed by atoms with van der Waals surface area (Å²) in [7, 11) is -0.397. The third kappa shape index (κ3) is 3.67. The van der Waals surface area contributed by atoms with Crippen LogP contribution in [0, 0.1) is 0 Å². The van der Waals surface area contributed by atoms with Crippen LogP contribution in [0.4, 0.5) is 5.82 Å². The molecule has 21 heavy (non-hydrogen) atoms. The van der Waals surface area contributed by atoms with E-state index in [0.29, 0.717) is 12.3 Å². The number of anilines is 1. The van der Waals surface area contributed by atoms with E-state index in [1.54, 1.807) is 32.4 Å². The number of rotatable bonds is 6. The first-order valence-electron chi connectivity index (χ1n) is 6.19. The third-order valence-corrected chi connectivity index (χ3v) is 4.09. The Kier molecular flexibility index (Phi) is 4.71. The zero-order valence-corrected chi connectivity index (χ0v) is 12.5. The number of benzene rings is 1. The Balaban J connectivity index is 2.34. The maximum absolute atomic E-state index is 12.3. The summed E-state index contributed by atoms with van der Waals surface area (Å²) in [6, 6.07) is 7.80. The summed E-state index contributed by atoms with van der Waals surface area (Å²) >= 11 is 0. The van der Waals surface area contributed by atoms with Crippen LogP contribution >= 0.6 is 0 Å². The maximum atomic E-state index is 12.3. The smallest absolute Gasteiger partial charge is 0.263 e. The van der Waals surface area contributed by atoms with Gasteiger partial charge in [-0.15, -0.1) is 5.10 Å². The fourth-order valence-corrected chi connectivity index (χ4v) is 2.85. The lowest BCUT2D eigenvalue weighted by Crippen LogP contribution is -2.15. The first kappa shape index (κ1) is 15.2. The standard InChI is InChI=1S/C13H16N4O3S/c1-14-9-10-8-11(5-6-12(10)20-2)21(18,19)17-13-4-3-7-15-16-13/h3-8,14H,9H2,1-2H3,(H,16,17). The summed E-state index contributed by atoms with van der Waals surface area (Å²) in [5.41, 5.74) is 0.752. The zero-order valence-electron chi connectivity index (χ0n) is 11.7. The van der Waals surface area contributed by atoms with E-state index in [1.165, 1.54) is 18.3 Å². The molecule has 0 atom stereocenters. The van der Waals surface area contributed by atoms with Crippen molar-refractivity contribution in [3.63, 3.8) is 0 Å². The number of methoxy groups -OCH3 is 1. The number of aromatic nitrogens is 2. The Hall–Kier alpha value is -2.19. The molecule has 0 aliphatic carbocycles. The van der Waals surface area contributed by atoms with E-state index >= 15 is 0 Å². The van der Waals surface area contributed by atoms with E-state index in [2.05, 4.69) is 20.2 Å². The summed E-state index contributed by atoms with van der Waals surface area (Å²) in [6.07, 6.45) is 1.47. The molecule has 0 fully saturated rings. The normalized spacial score (nSPS) is 11.1. The molecule has 0 spiro atoms. The van der Waals surface area contributed by atoms with Crippen LogP contribution in [0.5, 0.6) is 5.75 Å². The van der Waals surface area contributed by atoms with E-state index < -0.39 is 10.0 Å². The second kappa shape index (κ2) is 6.51. The Labute approximate surface area is 123 Å². The molecule has 0 saturated heterocycles. The Bertz CT molecular complexity index is 705. The first-order valence-corrected chi connectivity index (χ1v) is 7.67. The molecule has 2 aromatic rings. The minimum absolute atomic E-state index is 0.138. The maximum Gasteiger partial charge on any atom is 0.263 e. The van der Waals surface area contributed by atoms with Crippen molar-refractivity contribution < 1.29 is 13.2 Å². The zero-order chi connectivity index (χ0) is 15.3. The lowest BCUT2D eigenvalue weighted by molar-refractivity contribution is 0.408. The third-order valence-electron chi connectivity index (χ3n) is 2.74. The second-order valence-corrected chi connectivity index (χ2v) is 5.90. The van der Waals surface area contributed by atoms with Crippen molar-refractivity contribution in [1.82, 2.24) is 15.5 Å². The van der Waals surface area contributed by atoms with Gasteiger partial charge < -0.3 is 10.1 Å². The van der Waals surface area contributed by atoms with Gasteiger partial charge in [-0.3, -0.25) is 4.72 Å². The van der Waals surface area contributed by atoms with Gasteiger partial charge in [-0.2, -0.15) is 5.10 Å². The van der Waals surface area contributed by atoms with E-state index in [-0.39, 0.29) is 10.7 Å².